The zero-order valence-electron chi connectivity index (χ0n) is 8.66. The van der Waals surface area contributed by atoms with Gasteiger partial charge in [-0.15, -0.1) is 0 Å². The summed E-state index contributed by atoms with van der Waals surface area (Å²) in [7, 11) is 2.78. The molecule has 0 saturated carbocycles. The summed E-state index contributed by atoms with van der Waals surface area (Å²) in [6.45, 7) is 0.0760. The molecule has 0 heterocycles. The lowest BCUT2D eigenvalue weighted by molar-refractivity contribution is -0.140. The Morgan fingerprint density at radius 2 is 1.73 bits per heavy atom. The summed E-state index contributed by atoms with van der Waals surface area (Å²) in [5.74, 6) is -1.84. The number of hydrogen-bond donors (Lipinski definition) is 4. The number of hydrogen-bond acceptors (Lipinski definition) is 4. The minimum Gasteiger partial charge on any atom is -0.375 e. The third kappa shape index (κ3) is 4.96. The number of likely N-dealkylation sites (N-methyl/N-ethyl adjacent to an activating group) is 1. The van der Waals surface area contributed by atoms with E-state index in [2.05, 4.69) is 16.0 Å². The Morgan fingerprint density at radius 1 is 1.13 bits per heavy atom. The van der Waals surface area contributed by atoms with Crippen molar-refractivity contribution in [3.05, 3.63) is 0 Å². The van der Waals surface area contributed by atoms with Gasteiger partial charge in [0.2, 0.25) is 12.0 Å². The van der Waals surface area contributed by atoms with Gasteiger partial charge < -0.3 is 21.1 Å². The van der Waals surface area contributed by atoms with E-state index in [0.717, 1.165) is 0 Å². The molecule has 4 N–H and O–H groups in total. The summed E-state index contributed by atoms with van der Waals surface area (Å²) < 4.78 is 0. The topological polar surface area (TPSA) is 108 Å². The molecule has 7 heteroatoms. The third-order valence-electron chi connectivity index (χ3n) is 1.67. The summed E-state index contributed by atoms with van der Waals surface area (Å²) in [6.07, 6.45) is -1.64. The van der Waals surface area contributed by atoms with Gasteiger partial charge in [-0.2, -0.15) is 0 Å². The van der Waals surface area contributed by atoms with E-state index >= 15 is 0 Å². The van der Waals surface area contributed by atoms with Gasteiger partial charge in [0, 0.05) is 27.1 Å². The van der Waals surface area contributed by atoms with Crippen LogP contribution in [0.3, 0.4) is 0 Å². The van der Waals surface area contributed by atoms with Crippen LogP contribution in [0.5, 0.6) is 0 Å². The lowest BCUT2D eigenvalue weighted by atomic mass is 10.3. The second-order valence-electron chi connectivity index (χ2n) is 2.73. The highest BCUT2D eigenvalue weighted by Crippen LogP contribution is 1.84. The van der Waals surface area contributed by atoms with Crippen LogP contribution in [0.25, 0.3) is 0 Å². The van der Waals surface area contributed by atoms with E-state index in [1.165, 1.54) is 14.1 Å². The first kappa shape index (κ1) is 13.4. The SMILES string of the molecule is CNC(=O)CCNC(=O)C(O)C(=O)NC. The maximum Gasteiger partial charge on any atom is 0.258 e. The van der Waals surface area contributed by atoms with Crippen LogP contribution < -0.4 is 16.0 Å². The van der Waals surface area contributed by atoms with E-state index in [4.69, 9.17) is 5.11 Å². The number of rotatable bonds is 5. The van der Waals surface area contributed by atoms with Crippen molar-refractivity contribution in [2.24, 2.45) is 0 Å². The Labute approximate surface area is 87.2 Å². The summed E-state index contributed by atoms with van der Waals surface area (Å²) in [6, 6.07) is 0. The molecule has 15 heavy (non-hydrogen) atoms. The second kappa shape index (κ2) is 6.77. The molecule has 1 unspecified atom stereocenters. The first-order chi connectivity index (χ1) is 7.02. The second-order valence-corrected chi connectivity index (χ2v) is 2.73. The van der Waals surface area contributed by atoms with Gasteiger partial charge in [-0.05, 0) is 0 Å². The van der Waals surface area contributed by atoms with Crippen LogP contribution >= 0.6 is 0 Å². The Bertz CT molecular complexity index is 254. The fraction of sp³-hybridized carbons (Fsp3) is 0.625. The van der Waals surface area contributed by atoms with Crippen LogP contribution in [0.1, 0.15) is 6.42 Å². The van der Waals surface area contributed by atoms with E-state index in [1.807, 2.05) is 0 Å². The molecule has 0 fully saturated rings. The van der Waals surface area contributed by atoms with Gasteiger partial charge in [0.05, 0.1) is 0 Å². The zero-order chi connectivity index (χ0) is 11.8. The van der Waals surface area contributed by atoms with Crippen molar-refractivity contribution in [3.63, 3.8) is 0 Å². The Balaban J connectivity index is 3.84. The molecule has 0 aliphatic heterocycles. The van der Waals surface area contributed by atoms with Gasteiger partial charge in [0.15, 0.2) is 0 Å². The predicted octanol–water partition coefficient (Wildman–Crippen LogP) is -2.65. The molecule has 0 bridgehead atoms. The van der Waals surface area contributed by atoms with Gasteiger partial charge in [0.25, 0.3) is 11.8 Å². The van der Waals surface area contributed by atoms with Gasteiger partial charge in [-0.3, -0.25) is 14.4 Å². The minimum absolute atomic E-state index is 0.0760. The fourth-order valence-electron chi connectivity index (χ4n) is 0.777. The molecule has 1 atom stereocenters. The van der Waals surface area contributed by atoms with Crippen molar-refractivity contribution in [2.45, 2.75) is 12.5 Å². The molecule has 0 aromatic carbocycles. The van der Waals surface area contributed by atoms with E-state index in [9.17, 15) is 14.4 Å². The third-order valence-corrected chi connectivity index (χ3v) is 1.67. The summed E-state index contributed by atoms with van der Waals surface area (Å²) in [4.78, 5) is 32.6. The fourth-order valence-corrected chi connectivity index (χ4v) is 0.777. The van der Waals surface area contributed by atoms with Crippen LogP contribution in [0.2, 0.25) is 0 Å². The zero-order valence-corrected chi connectivity index (χ0v) is 8.66. The molecule has 0 saturated heterocycles. The molecular weight excluding hydrogens is 202 g/mol. The van der Waals surface area contributed by atoms with Crippen LogP contribution in [0, 0.1) is 0 Å². The summed E-state index contributed by atoms with van der Waals surface area (Å²) in [5, 5.41) is 15.8. The summed E-state index contributed by atoms with van der Waals surface area (Å²) in [5.41, 5.74) is 0. The highest BCUT2D eigenvalue weighted by molar-refractivity contribution is 6.02. The number of aliphatic hydroxyl groups excluding tert-OH is 1. The van der Waals surface area contributed by atoms with E-state index < -0.39 is 17.9 Å². The molecule has 0 aromatic rings. The highest BCUT2D eigenvalue weighted by atomic mass is 16.3. The molecule has 7 nitrogen and oxygen atoms in total. The molecule has 0 rings (SSSR count). The molecule has 3 amide bonds. The van der Waals surface area contributed by atoms with Crippen molar-refractivity contribution in [1.82, 2.24) is 16.0 Å². The highest BCUT2D eigenvalue weighted by Gasteiger charge is 2.21. The number of amides is 3. The molecule has 86 valence electrons. The standard InChI is InChI=1S/C8H15N3O4/c1-9-5(12)3-4-11-8(15)6(13)7(14)10-2/h6,13H,3-4H2,1-2H3,(H,9,12)(H,10,14)(H,11,15). The Hall–Kier alpha value is -1.63. The van der Waals surface area contributed by atoms with E-state index in [1.54, 1.807) is 0 Å². The lowest BCUT2D eigenvalue weighted by Gasteiger charge is -2.09. The molecular formula is C8H15N3O4. The smallest absolute Gasteiger partial charge is 0.258 e. The molecule has 0 aliphatic rings. The van der Waals surface area contributed by atoms with Crippen molar-refractivity contribution in [3.8, 4) is 0 Å². The monoisotopic (exact) mass is 217 g/mol. The quantitative estimate of drug-likeness (QED) is 0.377. The van der Waals surface area contributed by atoms with Crippen molar-refractivity contribution < 1.29 is 19.5 Å². The van der Waals surface area contributed by atoms with Crippen LogP contribution in [-0.4, -0.2) is 49.6 Å². The largest absolute Gasteiger partial charge is 0.375 e. The molecule has 0 spiro atoms. The van der Waals surface area contributed by atoms with Crippen molar-refractivity contribution in [1.29, 1.82) is 0 Å². The Kier molecular flexibility index (Phi) is 6.03. The van der Waals surface area contributed by atoms with E-state index in [0.29, 0.717) is 0 Å². The average molecular weight is 217 g/mol. The lowest BCUT2D eigenvalue weighted by Crippen LogP contribution is -2.45. The maximum absolute atomic E-state index is 11.1. The minimum atomic E-state index is -1.74. The van der Waals surface area contributed by atoms with Gasteiger partial charge in [-0.25, -0.2) is 0 Å². The molecule has 0 aromatic heterocycles. The van der Waals surface area contributed by atoms with Gasteiger partial charge in [-0.1, -0.05) is 0 Å². The van der Waals surface area contributed by atoms with Crippen LogP contribution in [-0.2, 0) is 14.4 Å². The van der Waals surface area contributed by atoms with Gasteiger partial charge >= 0.3 is 0 Å². The predicted molar refractivity (Wildman–Crippen MR) is 51.8 cm³/mol. The van der Waals surface area contributed by atoms with Crippen molar-refractivity contribution in [2.75, 3.05) is 20.6 Å². The normalized spacial score (nSPS) is 11.4. The van der Waals surface area contributed by atoms with Crippen LogP contribution in [0.4, 0.5) is 0 Å². The first-order valence-corrected chi connectivity index (χ1v) is 4.41. The summed E-state index contributed by atoms with van der Waals surface area (Å²) >= 11 is 0. The number of aliphatic hydroxyl groups is 1. The Morgan fingerprint density at radius 3 is 2.20 bits per heavy atom. The first-order valence-electron chi connectivity index (χ1n) is 4.41. The molecule has 0 aliphatic carbocycles. The number of carbonyl (C=O) groups is 3. The van der Waals surface area contributed by atoms with Crippen molar-refractivity contribution >= 4 is 17.7 Å². The molecule has 0 radical (unpaired) electrons. The number of carbonyl (C=O) groups excluding carboxylic acids is 3. The van der Waals surface area contributed by atoms with Gasteiger partial charge in [0.1, 0.15) is 0 Å². The average Bonchev–Trinajstić information content (AvgIpc) is 2.26. The maximum atomic E-state index is 11.1. The number of nitrogens with one attached hydrogen (secondary N) is 3. The van der Waals surface area contributed by atoms with E-state index in [-0.39, 0.29) is 18.9 Å². The van der Waals surface area contributed by atoms with Crippen LogP contribution in [0.15, 0.2) is 0 Å².